The lowest BCUT2D eigenvalue weighted by Crippen LogP contribution is -2.40. The Morgan fingerprint density at radius 3 is 2.14 bits per heavy atom. The predicted molar refractivity (Wildman–Crippen MR) is 144 cm³/mol. The number of ether oxygens (including phenoxy) is 3. The Hall–Kier alpha value is -2.10. The molecule has 0 aliphatic heterocycles. The third-order valence-corrected chi connectivity index (χ3v) is 5.98. The van der Waals surface area contributed by atoms with E-state index in [-0.39, 0.29) is 42.4 Å². The molecule has 204 valence electrons. The van der Waals surface area contributed by atoms with E-state index in [0.717, 1.165) is 23.7 Å². The zero-order chi connectivity index (χ0) is 27.2. The molecule has 0 radical (unpaired) electrons. The molecule has 0 aromatic heterocycles. The van der Waals surface area contributed by atoms with Gasteiger partial charge in [0.1, 0.15) is 13.2 Å². The van der Waals surface area contributed by atoms with Gasteiger partial charge in [-0.1, -0.05) is 65.0 Å². The Balaban J connectivity index is 2.10. The van der Waals surface area contributed by atoms with Gasteiger partial charge in [0.2, 0.25) is 11.8 Å². The van der Waals surface area contributed by atoms with Crippen LogP contribution in [0.2, 0.25) is 0 Å². The summed E-state index contributed by atoms with van der Waals surface area (Å²) in [4.78, 5) is 36.5. The number of carbonyl (C=O) groups excluding carboxylic acids is 3. The Kier molecular flexibility index (Phi) is 13.5. The van der Waals surface area contributed by atoms with Crippen molar-refractivity contribution in [3.63, 3.8) is 0 Å². The van der Waals surface area contributed by atoms with Crippen LogP contribution in [0.5, 0.6) is 0 Å². The SMILES string of the molecule is CC(C)(C)CC(C)(C)C(=O)NCCOCCOCC(=O)NCC(C)(C)SC(=O)OCc1ccccc1. The number of thioether (sulfide) groups is 1. The zero-order valence-electron chi connectivity index (χ0n) is 22.9. The third kappa shape index (κ3) is 15.1. The summed E-state index contributed by atoms with van der Waals surface area (Å²) < 4.78 is 15.6. The molecular formula is C27H44N2O6S. The Bertz CT molecular complexity index is 821. The highest BCUT2D eigenvalue weighted by Crippen LogP contribution is 2.33. The standard InChI is InChI=1S/C27H44N2O6S/c1-25(2,3)19-26(4,5)23(31)28-13-14-33-15-16-34-18-22(30)29-20-27(6,7)36-24(32)35-17-21-11-9-8-10-12-21/h8-12H,13-20H2,1-7H3,(H,28,31)(H,29,30). The zero-order valence-corrected chi connectivity index (χ0v) is 23.7. The van der Waals surface area contributed by atoms with Crippen LogP contribution in [0, 0.1) is 10.8 Å². The number of nitrogens with one attached hydrogen (secondary N) is 2. The molecule has 1 aromatic rings. The Morgan fingerprint density at radius 2 is 1.50 bits per heavy atom. The molecule has 0 aliphatic carbocycles. The quantitative estimate of drug-likeness (QED) is 0.256. The molecule has 8 nitrogen and oxygen atoms in total. The Labute approximate surface area is 220 Å². The minimum Gasteiger partial charge on any atom is -0.453 e. The van der Waals surface area contributed by atoms with Gasteiger partial charge in [-0.3, -0.25) is 9.59 Å². The van der Waals surface area contributed by atoms with Gasteiger partial charge in [-0.05, 0) is 43.0 Å². The van der Waals surface area contributed by atoms with Gasteiger partial charge in [-0.15, -0.1) is 0 Å². The van der Waals surface area contributed by atoms with Crippen LogP contribution < -0.4 is 10.6 Å². The highest BCUT2D eigenvalue weighted by atomic mass is 32.2. The molecule has 0 aliphatic rings. The van der Waals surface area contributed by atoms with Crippen LogP contribution in [0.4, 0.5) is 4.79 Å². The lowest BCUT2D eigenvalue weighted by molar-refractivity contribution is -0.131. The first-order valence-electron chi connectivity index (χ1n) is 12.3. The fourth-order valence-electron chi connectivity index (χ4n) is 3.64. The number of rotatable bonds is 15. The highest BCUT2D eigenvalue weighted by molar-refractivity contribution is 8.14. The van der Waals surface area contributed by atoms with Crippen LogP contribution in [0.3, 0.4) is 0 Å². The molecule has 0 atom stereocenters. The van der Waals surface area contributed by atoms with Crippen molar-refractivity contribution in [2.75, 3.05) is 39.5 Å². The Morgan fingerprint density at radius 1 is 0.861 bits per heavy atom. The molecule has 0 heterocycles. The minimum atomic E-state index is -0.529. The summed E-state index contributed by atoms with van der Waals surface area (Å²) in [6.07, 6.45) is 0.789. The first kappa shape index (κ1) is 31.9. The van der Waals surface area contributed by atoms with E-state index in [1.54, 1.807) is 0 Å². The largest absolute Gasteiger partial charge is 0.453 e. The summed E-state index contributed by atoms with van der Waals surface area (Å²) in [7, 11) is 0. The monoisotopic (exact) mass is 524 g/mol. The van der Waals surface area contributed by atoms with Crippen molar-refractivity contribution in [3.05, 3.63) is 35.9 Å². The lowest BCUT2D eigenvalue weighted by atomic mass is 9.76. The molecule has 2 N–H and O–H groups in total. The van der Waals surface area contributed by atoms with E-state index < -0.39 is 10.2 Å². The van der Waals surface area contributed by atoms with Crippen LogP contribution in [0.15, 0.2) is 30.3 Å². The molecule has 0 fully saturated rings. The van der Waals surface area contributed by atoms with Gasteiger partial charge in [0.25, 0.3) is 0 Å². The highest BCUT2D eigenvalue weighted by Gasteiger charge is 2.32. The number of amides is 2. The molecular weight excluding hydrogens is 480 g/mol. The van der Waals surface area contributed by atoms with Gasteiger partial charge in [0.15, 0.2) is 0 Å². The van der Waals surface area contributed by atoms with Gasteiger partial charge in [0, 0.05) is 23.3 Å². The maximum atomic E-state index is 12.4. The van der Waals surface area contributed by atoms with Crippen LogP contribution in [0.1, 0.15) is 60.5 Å². The molecule has 0 unspecified atom stereocenters. The van der Waals surface area contributed by atoms with E-state index in [1.807, 2.05) is 58.0 Å². The first-order chi connectivity index (χ1) is 16.7. The number of hydrogen-bond donors (Lipinski definition) is 2. The van der Waals surface area contributed by atoms with Crippen molar-refractivity contribution >= 4 is 28.9 Å². The van der Waals surface area contributed by atoms with Crippen LogP contribution >= 0.6 is 11.8 Å². The molecule has 0 spiro atoms. The molecule has 9 heteroatoms. The topological polar surface area (TPSA) is 103 Å². The summed E-state index contributed by atoms with van der Waals surface area (Å²) in [6, 6.07) is 9.46. The maximum absolute atomic E-state index is 12.4. The molecule has 0 saturated heterocycles. The molecule has 1 aromatic carbocycles. The summed E-state index contributed by atoms with van der Waals surface area (Å²) >= 11 is 1.04. The molecule has 36 heavy (non-hydrogen) atoms. The van der Waals surface area contributed by atoms with Crippen molar-refractivity contribution in [2.24, 2.45) is 10.8 Å². The summed E-state index contributed by atoms with van der Waals surface area (Å²) in [5.41, 5.74) is 0.553. The van der Waals surface area contributed by atoms with E-state index in [2.05, 4.69) is 31.4 Å². The van der Waals surface area contributed by atoms with Crippen molar-refractivity contribution in [3.8, 4) is 0 Å². The van der Waals surface area contributed by atoms with Gasteiger partial charge in [-0.2, -0.15) is 0 Å². The summed E-state index contributed by atoms with van der Waals surface area (Å²) in [6.45, 7) is 15.8. The van der Waals surface area contributed by atoms with Gasteiger partial charge < -0.3 is 24.8 Å². The summed E-state index contributed by atoms with van der Waals surface area (Å²) in [5.74, 6) is -0.255. The molecule has 0 saturated carbocycles. The van der Waals surface area contributed by atoms with E-state index in [0.29, 0.717) is 26.3 Å². The van der Waals surface area contributed by atoms with Crippen molar-refractivity contribution < 1.29 is 28.6 Å². The number of benzene rings is 1. The fraction of sp³-hybridized carbons (Fsp3) is 0.667. The van der Waals surface area contributed by atoms with E-state index in [4.69, 9.17) is 14.2 Å². The smallest absolute Gasteiger partial charge is 0.368 e. The second kappa shape index (κ2) is 15.2. The second-order valence-electron chi connectivity index (χ2n) is 11.2. The van der Waals surface area contributed by atoms with Crippen LogP contribution in [0.25, 0.3) is 0 Å². The predicted octanol–water partition coefficient (Wildman–Crippen LogP) is 4.56. The van der Waals surface area contributed by atoms with Crippen molar-refractivity contribution in [2.45, 2.75) is 66.2 Å². The minimum absolute atomic E-state index is 0.0134. The van der Waals surface area contributed by atoms with Crippen LogP contribution in [-0.4, -0.2) is 61.4 Å². The number of hydrogen-bond acceptors (Lipinski definition) is 7. The van der Waals surface area contributed by atoms with E-state index >= 15 is 0 Å². The van der Waals surface area contributed by atoms with Crippen molar-refractivity contribution in [1.82, 2.24) is 10.6 Å². The fourth-order valence-corrected chi connectivity index (χ4v) is 4.35. The lowest BCUT2D eigenvalue weighted by Gasteiger charge is -2.31. The summed E-state index contributed by atoms with van der Waals surface area (Å²) in [5, 5.41) is 5.30. The van der Waals surface area contributed by atoms with E-state index in [9.17, 15) is 14.4 Å². The van der Waals surface area contributed by atoms with Crippen molar-refractivity contribution in [1.29, 1.82) is 0 Å². The van der Waals surface area contributed by atoms with E-state index in [1.165, 1.54) is 0 Å². The maximum Gasteiger partial charge on any atom is 0.368 e. The van der Waals surface area contributed by atoms with Gasteiger partial charge in [-0.25, -0.2) is 4.79 Å². The molecule has 0 bridgehead atoms. The van der Waals surface area contributed by atoms with Gasteiger partial charge in [0.05, 0.1) is 19.8 Å². The first-order valence-corrected chi connectivity index (χ1v) is 13.1. The normalized spacial score (nSPS) is 12.2. The second-order valence-corrected chi connectivity index (χ2v) is 12.8. The molecule has 2 amide bonds. The third-order valence-electron chi connectivity index (χ3n) is 4.99. The van der Waals surface area contributed by atoms with Gasteiger partial charge >= 0.3 is 5.30 Å². The molecule has 1 rings (SSSR count). The number of carbonyl (C=O) groups is 3. The van der Waals surface area contributed by atoms with Crippen LogP contribution in [-0.2, 0) is 30.4 Å². The average Bonchev–Trinajstić information content (AvgIpc) is 2.76. The average molecular weight is 525 g/mol.